The van der Waals surface area contributed by atoms with E-state index < -0.39 is 9.84 Å². The predicted molar refractivity (Wildman–Crippen MR) is 69.7 cm³/mol. The third kappa shape index (κ3) is 3.11. The Morgan fingerprint density at radius 3 is 2.83 bits per heavy atom. The second-order valence-electron chi connectivity index (χ2n) is 5.03. The maximum Gasteiger partial charge on any atom is 0.234 e. The monoisotopic (exact) mass is 272 g/mol. The summed E-state index contributed by atoms with van der Waals surface area (Å²) in [5, 5.41) is 4.00. The first kappa shape index (κ1) is 13.5. The van der Waals surface area contributed by atoms with Crippen LogP contribution in [0.5, 0.6) is 0 Å². The molecule has 1 saturated heterocycles. The summed E-state index contributed by atoms with van der Waals surface area (Å²) in [6, 6.07) is 0.503. The third-order valence-corrected chi connectivity index (χ3v) is 5.07. The molecule has 6 heteroatoms. The summed E-state index contributed by atoms with van der Waals surface area (Å²) in [5.74, 6) is 0.0571. The zero-order valence-electron chi connectivity index (χ0n) is 10.5. The molecule has 2 rings (SSSR count). The van der Waals surface area contributed by atoms with Crippen LogP contribution in [0.3, 0.4) is 0 Å². The van der Waals surface area contributed by atoms with E-state index in [2.05, 4.69) is 11.9 Å². The van der Waals surface area contributed by atoms with Gasteiger partial charge in [-0.1, -0.05) is 19.4 Å². The van der Waals surface area contributed by atoms with Crippen molar-refractivity contribution in [1.82, 2.24) is 10.2 Å². The number of carbonyl (C=O) groups is 1. The number of nitrogens with one attached hydrogen (secondary N) is 1. The van der Waals surface area contributed by atoms with Gasteiger partial charge in [0.25, 0.3) is 0 Å². The van der Waals surface area contributed by atoms with Gasteiger partial charge in [0.05, 0.1) is 12.3 Å². The number of hydrogen-bond acceptors (Lipinski definition) is 4. The van der Waals surface area contributed by atoms with Crippen molar-refractivity contribution in [2.45, 2.75) is 37.8 Å². The minimum atomic E-state index is -3.18. The SMILES string of the molecule is C=CS(=O)(=O)CCN1CC(=O)NC2CCCCC21. The van der Waals surface area contributed by atoms with Gasteiger partial charge in [-0.25, -0.2) is 8.42 Å². The van der Waals surface area contributed by atoms with E-state index in [1.165, 1.54) is 0 Å². The maximum absolute atomic E-state index is 11.6. The predicted octanol–water partition coefficient (Wildman–Crippen LogP) is 0.288. The van der Waals surface area contributed by atoms with E-state index in [9.17, 15) is 13.2 Å². The number of hydrogen-bond donors (Lipinski definition) is 1. The Balaban J connectivity index is 2.01. The molecule has 0 aromatic rings. The zero-order chi connectivity index (χ0) is 13.2. The van der Waals surface area contributed by atoms with E-state index in [1.54, 1.807) is 0 Å². The van der Waals surface area contributed by atoms with Crippen LogP contribution in [-0.2, 0) is 14.6 Å². The van der Waals surface area contributed by atoms with Gasteiger partial charge in [0.1, 0.15) is 0 Å². The highest BCUT2D eigenvalue weighted by Crippen LogP contribution is 2.25. The highest BCUT2D eigenvalue weighted by Gasteiger charge is 2.36. The minimum Gasteiger partial charge on any atom is -0.351 e. The average molecular weight is 272 g/mol. The standard InChI is InChI=1S/C12H20N2O3S/c1-2-18(16,17)8-7-14-9-12(15)13-10-5-3-4-6-11(10)14/h2,10-11H,1,3-9H2,(H,13,15). The van der Waals surface area contributed by atoms with Crippen LogP contribution >= 0.6 is 0 Å². The Morgan fingerprint density at radius 1 is 1.39 bits per heavy atom. The van der Waals surface area contributed by atoms with Crippen LogP contribution in [0.2, 0.25) is 0 Å². The molecule has 2 fully saturated rings. The summed E-state index contributed by atoms with van der Waals surface area (Å²) in [6.07, 6.45) is 4.34. The normalized spacial score (nSPS) is 29.4. The molecule has 1 aliphatic heterocycles. The number of fused-ring (bicyclic) bond motifs is 1. The van der Waals surface area contributed by atoms with Gasteiger partial charge in [-0.15, -0.1) is 0 Å². The molecule has 1 heterocycles. The minimum absolute atomic E-state index is 0.00847. The molecule has 0 aromatic heterocycles. The van der Waals surface area contributed by atoms with Crippen molar-refractivity contribution in [1.29, 1.82) is 0 Å². The Hall–Kier alpha value is -0.880. The van der Waals surface area contributed by atoms with E-state index in [0.29, 0.717) is 19.1 Å². The molecular formula is C12H20N2O3S. The molecule has 1 amide bonds. The summed E-state index contributed by atoms with van der Waals surface area (Å²) < 4.78 is 22.9. The molecule has 2 aliphatic rings. The molecule has 1 N–H and O–H groups in total. The Morgan fingerprint density at radius 2 is 2.11 bits per heavy atom. The number of piperazine rings is 1. The quantitative estimate of drug-likeness (QED) is 0.798. The molecule has 0 aromatic carbocycles. The lowest BCUT2D eigenvalue weighted by Crippen LogP contribution is -2.62. The van der Waals surface area contributed by atoms with Crippen molar-refractivity contribution < 1.29 is 13.2 Å². The van der Waals surface area contributed by atoms with Gasteiger partial charge in [0, 0.05) is 24.0 Å². The van der Waals surface area contributed by atoms with Gasteiger partial charge < -0.3 is 5.32 Å². The highest BCUT2D eigenvalue weighted by molar-refractivity contribution is 7.94. The van der Waals surface area contributed by atoms with Crippen molar-refractivity contribution in [3.8, 4) is 0 Å². The first-order chi connectivity index (χ1) is 8.52. The lowest BCUT2D eigenvalue weighted by Gasteiger charge is -2.43. The first-order valence-electron chi connectivity index (χ1n) is 6.40. The summed E-state index contributed by atoms with van der Waals surface area (Å²) in [4.78, 5) is 13.6. The number of nitrogens with zero attached hydrogens (tertiary/aromatic N) is 1. The van der Waals surface area contributed by atoms with Crippen molar-refractivity contribution in [2.75, 3.05) is 18.8 Å². The Labute approximate surface area is 108 Å². The van der Waals surface area contributed by atoms with E-state index in [4.69, 9.17) is 0 Å². The van der Waals surface area contributed by atoms with Gasteiger partial charge in [-0.3, -0.25) is 9.69 Å². The molecule has 2 unspecified atom stereocenters. The molecule has 5 nitrogen and oxygen atoms in total. The van der Waals surface area contributed by atoms with E-state index in [0.717, 1.165) is 31.1 Å². The van der Waals surface area contributed by atoms with Gasteiger partial charge >= 0.3 is 0 Å². The number of amides is 1. The molecule has 0 radical (unpaired) electrons. The smallest absolute Gasteiger partial charge is 0.234 e. The number of sulfone groups is 1. The molecule has 1 saturated carbocycles. The van der Waals surface area contributed by atoms with Crippen molar-refractivity contribution in [3.63, 3.8) is 0 Å². The molecule has 0 spiro atoms. The van der Waals surface area contributed by atoms with Gasteiger partial charge in [-0.05, 0) is 12.8 Å². The van der Waals surface area contributed by atoms with Crippen LogP contribution in [0.25, 0.3) is 0 Å². The van der Waals surface area contributed by atoms with Crippen LogP contribution in [0.1, 0.15) is 25.7 Å². The van der Waals surface area contributed by atoms with Crippen molar-refractivity contribution >= 4 is 15.7 Å². The molecule has 102 valence electrons. The molecule has 2 atom stereocenters. The fourth-order valence-corrected chi connectivity index (χ4v) is 3.50. The molecular weight excluding hydrogens is 252 g/mol. The van der Waals surface area contributed by atoms with Crippen LogP contribution in [0.15, 0.2) is 12.0 Å². The lowest BCUT2D eigenvalue weighted by molar-refractivity contribution is -0.128. The van der Waals surface area contributed by atoms with E-state index in [1.807, 2.05) is 4.90 Å². The van der Waals surface area contributed by atoms with Crippen LogP contribution in [0, 0.1) is 0 Å². The summed E-state index contributed by atoms with van der Waals surface area (Å²) in [7, 11) is -3.18. The lowest BCUT2D eigenvalue weighted by atomic mass is 9.87. The summed E-state index contributed by atoms with van der Waals surface area (Å²) >= 11 is 0. The Bertz CT molecular complexity index is 433. The molecule has 18 heavy (non-hydrogen) atoms. The first-order valence-corrected chi connectivity index (χ1v) is 8.12. The van der Waals surface area contributed by atoms with E-state index >= 15 is 0 Å². The summed E-state index contributed by atoms with van der Waals surface area (Å²) in [6.45, 7) is 4.04. The van der Waals surface area contributed by atoms with Crippen LogP contribution in [-0.4, -0.2) is 50.2 Å². The van der Waals surface area contributed by atoms with Gasteiger partial charge in [0.15, 0.2) is 9.84 Å². The van der Waals surface area contributed by atoms with Crippen LogP contribution < -0.4 is 5.32 Å². The van der Waals surface area contributed by atoms with Crippen molar-refractivity contribution in [2.24, 2.45) is 0 Å². The topological polar surface area (TPSA) is 66.5 Å². The summed E-state index contributed by atoms with van der Waals surface area (Å²) in [5.41, 5.74) is 0. The highest BCUT2D eigenvalue weighted by atomic mass is 32.2. The molecule has 1 aliphatic carbocycles. The number of carbonyl (C=O) groups excluding carboxylic acids is 1. The van der Waals surface area contributed by atoms with Crippen molar-refractivity contribution in [3.05, 3.63) is 12.0 Å². The van der Waals surface area contributed by atoms with E-state index in [-0.39, 0.29) is 17.7 Å². The second kappa shape index (κ2) is 5.40. The third-order valence-electron chi connectivity index (χ3n) is 3.81. The maximum atomic E-state index is 11.6. The largest absolute Gasteiger partial charge is 0.351 e. The van der Waals surface area contributed by atoms with Gasteiger partial charge in [0.2, 0.25) is 5.91 Å². The number of rotatable bonds is 4. The Kier molecular flexibility index (Phi) is 4.07. The fraction of sp³-hybridized carbons (Fsp3) is 0.750. The van der Waals surface area contributed by atoms with Crippen LogP contribution in [0.4, 0.5) is 0 Å². The second-order valence-corrected chi connectivity index (χ2v) is 7.10. The zero-order valence-corrected chi connectivity index (χ0v) is 11.3. The van der Waals surface area contributed by atoms with Gasteiger partial charge in [-0.2, -0.15) is 0 Å². The molecule has 0 bridgehead atoms. The average Bonchev–Trinajstić information content (AvgIpc) is 2.36. The fourth-order valence-electron chi connectivity index (χ4n) is 2.84.